The molecule has 0 aliphatic carbocycles. The molecule has 3 aromatic rings. The highest BCUT2D eigenvalue weighted by atomic mass is 32.2. The predicted molar refractivity (Wildman–Crippen MR) is 120 cm³/mol. The third kappa shape index (κ3) is 3.82. The maximum absolute atomic E-state index is 13.0. The van der Waals surface area contributed by atoms with Gasteiger partial charge in [0.1, 0.15) is 22.1 Å². The fourth-order valence-corrected chi connectivity index (χ4v) is 4.53. The Morgan fingerprint density at radius 3 is 2.52 bits per heavy atom. The Labute approximate surface area is 184 Å². The highest BCUT2D eigenvalue weighted by Gasteiger charge is 2.27. The topological polar surface area (TPSA) is 80.8 Å². The summed E-state index contributed by atoms with van der Waals surface area (Å²) in [6, 6.07) is 14.2. The molecule has 7 nitrogen and oxygen atoms in total. The Kier molecular flexibility index (Phi) is 5.81. The Morgan fingerprint density at radius 1 is 1.10 bits per heavy atom. The van der Waals surface area contributed by atoms with Crippen LogP contribution in [0.5, 0.6) is 11.5 Å². The SMILES string of the molecule is CCN1C(=O)c2cccnc2Sc2cc(NC(=O)c3c(OC)cccc3OC)ccc21. The number of rotatable bonds is 5. The molecule has 1 aromatic heterocycles. The van der Waals surface area contributed by atoms with Crippen LogP contribution in [0.4, 0.5) is 11.4 Å². The smallest absolute Gasteiger partial charge is 0.263 e. The standard InChI is InChI=1S/C23H21N3O4S/c1-4-26-16-11-10-14(13-19(16)31-22-15(23(26)28)7-6-12-24-22)25-21(27)20-17(29-2)8-5-9-18(20)30-3/h5-13H,4H2,1-3H3,(H,25,27). The maximum atomic E-state index is 13.0. The van der Waals surface area contributed by atoms with E-state index in [2.05, 4.69) is 10.3 Å². The van der Waals surface area contributed by atoms with Gasteiger partial charge in [-0.2, -0.15) is 0 Å². The van der Waals surface area contributed by atoms with Gasteiger partial charge in [0.05, 0.1) is 25.5 Å². The normalized spacial score (nSPS) is 12.5. The van der Waals surface area contributed by atoms with E-state index in [4.69, 9.17) is 9.47 Å². The van der Waals surface area contributed by atoms with E-state index in [1.54, 1.807) is 47.5 Å². The first kappa shape index (κ1) is 20.7. The molecule has 158 valence electrons. The lowest BCUT2D eigenvalue weighted by Crippen LogP contribution is -2.30. The predicted octanol–water partition coefficient (Wildman–Crippen LogP) is 4.48. The third-order valence-electron chi connectivity index (χ3n) is 4.93. The van der Waals surface area contributed by atoms with Gasteiger partial charge in [0.15, 0.2) is 0 Å². The number of hydrogen-bond donors (Lipinski definition) is 1. The van der Waals surface area contributed by atoms with Crippen molar-refractivity contribution in [2.75, 3.05) is 31.0 Å². The van der Waals surface area contributed by atoms with Gasteiger partial charge >= 0.3 is 0 Å². The van der Waals surface area contributed by atoms with Crippen LogP contribution in [0.25, 0.3) is 0 Å². The molecule has 1 N–H and O–H groups in total. The zero-order chi connectivity index (χ0) is 22.0. The largest absolute Gasteiger partial charge is 0.496 e. The maximum Gasteiger partial charge on any atom is 0.263 e. The van der Waals surface area contributed by atoms with Crippen LogP contribution in [0.1, 0.15) is 27.6 Å². The highest BCUT2D eigenvalue weighted by Crippen LogP contribution is 2.41. The zero-order valence-corrected chi connectivity index (χ0v) is 18.2. The Hall–Kier alpha value is -3.52. The molecule has 31 heavy (non-hydrogen) atoms. The number of benzene rings is 2. The number of anilines is 2. The molecular weight excluding hydrogens is 414 g/mol. The summed E-state index contributed by atoms with van der Waals surface area (Å²) < 4.78 is 10.7. The van der Waals surface area contributed by atoms with Crippen molar-refractivity contribution in [3.05, 3.63) is 65.9 Å². The minimum atomic E-state index is -0.352. The highest BCUT2D eigenvalue weighted by molar-refractivity contribution is 7.99. The van der Waals surface area contributed by atoms with E-state index in [1.807, 2.05) is 19.1 Å². The minimum absolute atomic E-state index is 0.0904. The van der Waals surface area contributed by atoms with Crippen LogP contribution in [0.3, 0.4) is 0 Å². The first-order valence-electron chi connectivity index (χ1n) is 9.68. The van der Waals surface area contributed by atoms with E-state index in [0.717, 1.165) is 10.6 Å². The first-order chi connectivity index (χ1) is 15.1. The first-order valence-corrected chi connectivity index (χ1v) is 10.5. The Morgan fingerprint density at radius 2 is 1.84 bits per heavy atom. The average molecular weight is 436 g/mol. The molecule has 2 heterocycles. The summed E-state index contributed by atoms with van der Waals surface area (Å²) in [4.78, 5) is 32.9. The van der Waals surface area contributed by atoms with Crippen LogP contribution in [-0.2, 0) is 0 Å². The minimum Gasteiger partial charge on any atom is -0.496 e. The molecule has 0 saturated carbocycles. The van der Waals surface area contributed by atoms with Crippen molar-refractivity contribution in [2.45, 2.75) is 16.8 Å². The molecule has 1 aliphatic rings. The monoisotopic (exact) mass is 435 g/mol. The summed E-state index contributed by atoms with van der Waals surface area (Å²) in [6.45, 7) is 2.45. The van der Waals surface area contributed by atoms with E-state index < -0.39 is 0 Å². The Balaban J connectivity index is 1.71. The van der Waals surface area contributed by atoms with Gasteiger partial charge in [-0.15, -0.1) is 0 Å². The summed E-state index contributed by atoms with van der Waals surface area (Å²) in [5.41, 5.74) is 2.25. The molecular formula is C23H21N3O4S. The molecule has 0 bridgehead atoms. The van der Waals surface area contributed by atoms with Crippen LogP contribution >= 0.6 is 11.8 Å². The lowest BCUT2D eigenvalue weighted by molar-refractivity contribution is 0.0982. The number of aromatic nitrogens is 1. The van der Waals surface area contributed by atoms with Gasteiger partial charge in [-0.1, -0.05) is 17.8 Å². The van der Waals surface area contributed by atoms with Gasteiger partial charge in [-0.25, -0.2) is 4.98 Å². The van der Waals surface area contributed by atoms with Crippen molar-refractivity contribution in [3.8, 4) is 11.5 Å². The lowest BCUT2D eigenvalue weighted by Gasteiger charge is -2.21. The number of fused-ring (bicyclic) bond motifs is 2. The van der Waals surface area contributed by atoms with Crippen molar-refractivity contribution in [3.63, 3.8) is 0 Å². The van der Waals surface area contributed by atoms with E-state index >= 15 is 0 Å². The van der Waals surface area contributed by atoms with Gasteiger partial charge < -0.3 is 19.7 Å². The van der Waals surface area contributed by atoms with Crippen molar-refractivity contribution in [1.29, 1.82) is 0 Å². The molecule has 8 heteroatoms. The number of ether oxygens (including phenoxy) is 2. The molecule has 2 aromatic carbocycles. The summed E-state index contributed by atoms with van der Waals surface area (Å²) in [5.74, 6) is 0.394. The number of carbonyl (C=O) groups is 2. The number of carbonyl (C=O) groups excluding carboxylic acids is 2. The molecule has 0 radical (unpaired) electrons. The van der Waals surface area contributed by atoms with Crippen LogP contribution in [0.15, 0.2) is 64.6 Å². The number of nitrogens with one attached hydrogen (secondary N) is 1. The van der Waals surface area contributed by atoms with Crippen molar-refractivity contribution in [2.24, 2.45) is 0 Å². The van der Waals surface area contributed by atoms with Crippen LogP contribution in [0.2, 0.25) is 0 Å². The molecule has 2 amide bonds. The van der Waals surface area contributed by atoms with Crippen molar-refractivity contribution in [1.82, 2.24) is 4.98 Å². The summed E-state index contributed by atoms with van der Waals surface area (Å²) in [6.07, 6.45) is 1.67. The second-order valence-corrected chi connectivity index (χ2v) is 7.71. The molecule has 0 atom stereocenters. The Bertz CT molecular complexity index is 1140. The fraction of sp³-hybridized carbons (Fsp3) is 0.174. The summed E-state index contributed by atoms with van der Waals surface area (Å²) >= 11 is 1.40. The van der Waals surface area contributed by atoms with Crippen LogP contribution in [0, 0.1) is 0 Å². The van der Waals surface area contributed by atoms with Crippen LogP contribution in [-0.4, -0.2) is 37.6 Å². The quantitative estimate of drug-likeness (QED) is 0.636. The number of nitrogens with zero attached hydrogens (tertiary/aromatic N) is 2. The fourth-order valence-electron chi connectivity index (χ4n) is 3.47. The zero-order valence-electron chi connectivity index (χ0n) is 17.3. The summed E-state index contributed by atoms with van der Waals surface area (Å²) in [5, 5.41) is 3.55. The second kappa shape index (κ2) is 8.69. The molecule has 0 saturated heterocycles. The lowest BCUT2D eigenvalue weighted by atomic mass is 10.1. The molecule has 0 spiro atoms. The number of amides is 2. The van der Waals surface area contributed by atoms with Gasteiger partial charge in [0, 0.05) is 23.3 Å². The van der Waals surface area contributed by atoms with Gasteiger partial charge in [-0.3, -0.25) is 9.59 Å². The second-order valence-electron chi connectivity index (χ2n) is 6.68. The van der Waals surface area contributed by atoms with Gasteiger partial charge in [0.2, 0.25) is 0 Å². The number of pyridine rings is 1. The third-order valence-corrected chi connectivity index (χ3v) is 6.00. The number of methoxy groups -OCH3 is 2. The molecule has 0 fully saturated rings. The molecule has 0 unspecified atom stereocenters. The van der Waals surface area contributed by atoms with Crippen LogP contribution < -0.4 is 19.7 Å². The van der Waals surface area contributed by atoms with Crippen molar-refractivity contribution >= 4 is 35.0 Å². The van der Waals surface area contributed by atoms with E-state index in [9.17, 15) is 9.59 Å². The van der Waals surface area contributed by atoms with E-state index in [0.29, 0.717) is 39.9 Å². The van der Waals surface area contributed by atoms with Crippen molar-refractivity contribution < 1.29 is 19.1 Å². The van der Waals surface area contributed by atoms with E-state index in [1.165, 1.54) is 26.0 Å². The molecule has 1 aliphatic heterocycles. The summed E-state index contributed by atoms with van der Waals surface area (Å²) in [7, 11) is 3.01. The van der Waals surface area contributed by atoms with E-state index in [-0.39, 0.29) is 11.8 Å². The van der Waals surface area contributed by atoms with Gasteiger partial charge in [-0.05, 0) is 49.4 Å². The molecule has 4 rings (SSSR count). The number of hydrogen-bond acceptors (Lipinski definition) is 6. The average Bonchev–Trinajstić information content (AvgIpc) is 2.91. The van der Waals surface area contributed by atoms with Gasteiger partial charge in [0.25, 0.3) is 11.8 Å².